The number of pyridine rings is 2. The molecule has 1 aliphatic rings. The van der Waals surface area contributed by atoms with Gasteiger partial charge in [-0.3, -0.25) is 9.80 Å². The van der Waals surface area contributed by atoms with Crippen molar-refractivity contribution in [3.63, 3.8) is 0 Å². The first kappa shape index (κ1) is 39.4. The Kier molecular flexibility index (Phi) is 9.01. The Bertz CT molecular complexity index is 3160. The third-order valence-corrected chi connectivity index (χ3v) is 13.0. The molecule has 3 heterocycles. The minimum atomic E-state index is -0.420. The molecule has 5 nitrogen and oxygen atoms in total. The lowest BCUT2D eigenvalue weighted by Gasteiger charge is -2.30. The highest BCUT2D eigenvalue weighted by atomic mass is 16.3. The summed E-state index contributed by atoms with van der Waals surface area (Å²) in [6, 6.07) is 48.8. The molecule has 0 aliphatic heterocycles. The van der Waals surface area contributed by atoms with Crippen LogP contribution in [0.25, 0.3) is 43.8 Å². The Hall–Kier alpha value is -6.72. The number of aromatic nitrogens is 2. The Morgan fingerprint density at radius 1 is 0.500 bits per heavy atom. The third kappa shape index (κ3) is 6.36. The topological polar surface area (TPSA) is 45.4 Å². The Morgan fingerprint density at radius 3 is 1.48 bits per heavy atom. The first-order valence-corrected chi connectivity index (χ1v) is 21.8. The molecule has 0 amide bonds. The lowest BCUT2D eigenvalue weighted by atomic mass is 9.81. The fourth-order valence-corrected chi connectivity index (χ4v) is 9.44. The molecule has 0 bridgehead atoms. The number of hydrogen-bond acceptors (Lipinski definition) is 5. The first-order valence-electron chi connectivity index (χ1n) is 21.8. The molecular weight excluding hydrogens is 757 g/mol. The molecule has 0 N–H and O–H groups in total. The zero-order chi connectivity index (χ0) is 43.3. The minimum absolute atomic E-state index is 0.0193. The molecule has 5 heteroatoms. The second-order valence-electron chi connectivity index (χ2n) is 19.8. The summed E-state index contributed by atoms with van der Waals surface area (Å²) in [6.45, 7) is 22.5. The van der Waals surface area contributed by atoms with E-state index in [0.29, 0.717) is 0 Å². The maximum atomic E-state index is 7.14. The van der Waals surface area contributed by atoms with E-state index in [9.17, 15) is 0 Å². The first-order chi connectivity index (χ1) is 29.6. The van der Waals surface area contributed by atoms with Crippen LogP contribution in [-0.4, -0.2) is 9.97 Å². The molecule has 1 aliphatic carbocycles. The van der Waals surface area contributed by atoms with E-state index in [-0.39, 0.29) is 10.8 Å². The summed E-state index contributed by atoms with van der Waals surface area (Å²) in [5.74, 6) is 1.73. The van der Waals surface area contributed by atoms with Gasteiger partial charge >= 0.3 is 0 Å². The number of nitrogens with zero attached hydrogens (tertiary/aromatic N) is 4. The Balaban J connectivity index is 1.27. The molecular formula is C57H54N4O. The summed E-state index contributed by atoms with van der Waals surface area (Å²) in [5.41, 5.74) is 15.3. The maximum Gasteiger partial charge on any atom is 0.145 e. The van der Waals surface area contributed by atoms with E-state index in [1.54, 1.807) is 0 Å². The van der Waals surface area contributed by atoms with Crippen LogP contribution in [0.2, 0.25) is 0 Å². The second kappa shape index (κ2) is 14.2. The van der Waals surface area contributed by atoms with Crippen LogP contribution in [0.3, 0.4) is 0 Å². The second-order valence-corrected chi connectivity index (χ2v) is 19.8. The molecule has 0 fully saturated rings. The smallest absolute Gasteiger partial charge is 0.145 e. The summed E-state index contributed by atoms with van der Waals surface area (Å²) in [6.07, 6.45) is 3.93. The summed E-state index contributed by atoms with van der Waals surface area (Å²) in [4.78, 5) is 14.8. The molecule has 3 aromatic heterocycles. The lowest BCUT2D eigenvalue weighted by Crippen LogP contribution is -2.19. The van der Waals surface area contributed by atoms with Gasteiger partial charge < -0.3 is 4.42 Å². The van der Waals surface area contributed by atoms with Crippen molar-refractivity contribution in [3.8, 4) is 11.1 Å². The van der Waals surface area contributed by atoms with Crippen molar-refractivity contribution in [1.29, 1.82) is 0 Å². The van der Waals surface area contributed by atoms with Gasteiger partial charge in [0.05, 0.1) is 16.8 Å². The molecule has 62 heavy (non-hydrogen) atoms. The molecule has 0 saturated heterocycles. The van der Waals surface area contributed by atoms with Gasteiger partial charge in [-0.15, -0.1) is 0 Å². The Labute approximate surface area is 365 Å². The maximum absolute atomic E-state index is 7.14. The van der Waals surface area contributed by atoms with E-state index in [2.05, 4.69) is 212 Å². The summed E-state index contributed by atoms with van der Waals surface area (Å²) in [7, 11) is 0. The molecule has 0 spiro atoms. The van der Waals surface area contributed by atoms with E-state index < -0.39 is 5.41 Å². The number of hydrogen-bond donors (Lipinski definition) is 0. The van der Waals surface area contributed by atoms with Crippen LogP contribution in [-0.2, 0) is 16.2 Å². The van der Waals surface area contributed by atoms with Gasteiger partial charge in [-0.2, -0.15) is 0 Å². The molecule has 0 atom stereocenters. The number of furan rings is 1. The number of benzene rings is 6. The molecule has 0 radical (unpaired) electrons. The average molecular weight is 811 g/mol. The van der Waals surface area contributed by atoms with Gasteiger partial charge in [-0.1, -0.05) is 134 Å². The highest BCUT2D eigenvalue weighted by Gasteiger charge is 2.42. The number of aryl methyl sites for hydroxylation is 2. The Morgan fingerprint density at radius 2 is 0.968 bits per heavy atom. The number of fused-ring (bicyclic) bond motifs is 9. The fraction of sp³-hybridized carbons (Fsp3) is 0.228. The van der Waals surface area contributed by atoms with Crippen molar-refractivity contribution in [3.05, 3.63) is 179 Å². The fourth-order valence-electron chi connectivity index (χ4n) is 9.44. The number of anilines is 6. The van der Waals surface area contributed by atoms with Crippen molar-refractivity contribution in [2.75, 3.05) is 9.80 Å². The summed E-state index contributed by atoms with van der Waals surface area (Å²) < 4.78 is 7.14. The zero-order valence-corrected chi connectivity index (χ0v) is 37.6. The van der Waals surface area contributed by atoms with Gasteiger partial charge in [0.2, 0.25) is 0 Å². The highest BCUT2D eigenvalue weighted by Crippen LogP contribution is 2.59. The monoisotopic (exact) mass is 810 g/mol. The molecule has 6 aromatic carbocycles. The van der Waals surface area contributed by atoms with Gasteiger partial charge in [-0.25, -0.2) is 9.97 Å². The van der Waals surface area contributed by atoms with E-state index in [0.717, 1.165) is 78.4 Å². The van der Waals surface area contributed by atoms with Crippen molar-refractivity contribution < 1.29 is 4.42 Å². The van der Waals surface area contributed by atoms with Crippen LogP contribution in [0.4, 0.5) is 34.4 Å². The van der Waals surface area contributed by atoms with Gasteiger partial charge in [-0.05, 0) is 124 Å². The summed E-state index contributed by atoms with van der Waals surface area (Å²) in [5, 5.41) is 4.48. The third-order valence-electron chi connectivity index (χ3n) is 13.0. The van der Waals surface area contributed by atoms with Crippen LogP contribution in [0, 0.1) is 13.8 Å². The number of rotatable bonds is 6. The predicted molar refractivity (Wildman–Crippen MR) is 261 cm³/mol. The van der Waals surface area contributed by atoms with Crippen LogP contribution >= 0.6 is 0 Å². The van der Waals surface area contributed by atoms with E-state index in [4.69, 9.17) is 14.4 Å². The molecule has 0 unspecified atom stereocenters. The summed E-state index contributed by atoms with van der Waals surface area (Å²) >= 11 is 0. The SMILES string of the molecule is Cc1ccc(N(c2ccc(C(C)(C)C)cc2)c2cc3c(c4ccccc24)-c2c(cc(N(c4ccc(C(C)(C)C)cc4)c4ccc(C)cn4)c4c2oc2ccccc24)C3(C)C)nc1. The van der Waals surface area contributed by atoms with Crippen molar-refractivity contribution in [1.82, 2.24) is 9.97 Å². The van der Waals surface area contributed by atoms with Crippen molar-refractivity contribution in [2.24, 2.45) is 0 Å². The van der Waals surface area contributed by atoms with Crippen LogP contribution in [0.15, 0.2) is 150 Å². The van der Waals surface area contributed by atoms with Crippen LogP contribution in [0.1, 0.15) is 88.8 Å². The van der Waals surface area contributed by atoms with Gasteiger partial charge in [0.1, 0.15) is 22.8 Å². The standard InChI is InChI=1S/C57H54N4O/c1-35-19-29-49(58-33-35)60(39-25-21-37(22-26-39)55(3,4)5)46-31-44-51(42-16-12-11-15-41(42)46)53-45(57(44,9)10)32-47(52-43-17-13-14-18-48(43)62-54(52)53)61(50-30-20-36(2)34-59-50)40-27-23-38(24-28-40)56(6,7)8/h11-34H,1-10H3. The van der Waals surface area contributed by atoms with Crippen LogP contribution in [0.5, 0.6) is 0 Å². The van der Waals surface area contributed by atoms with Crippen LogP contribution < -0.4 is 9.80 Å². The zero-order valence-electron chi connectivity index (χ0n) is 37.6. The molecule has 308 valence electrons. The van der Waals surface area contributed by atoms with Crippen molar-refractivity contribution in [2.45, 2.75) is 85.5 Å². The van der Waals surface area contributed by atoms with Gasteiger partial charge in [0.25, 0.3) is 0 Å². The lowest BCUT2D eigenvalue weighted by molar-refractivity contribution is 0.590. The van der Waals surface area contributed by atoms with E-state index in [1.165, 1.54) is 33.2 Å². The van der Waals surface area contributed by atoms with Gasteiger partial charge in [0, 0.05) is 45.5 Å². The highest BCUT2D eigenvalue weighted by molar-refractivity contribution is 6.22. The largest absolute Gasteiger partial charge is 0.455 e. The predicted octanol–water partition coefficient (Wildman–Crippen LogP) is 16.0. The van der Waals surface area contributed by atoms with E-state index >= 15 is 0 Å². The average Bonchev–Trinajstić information content (AvgIpc) is 3.75. The molecule has 9 aromatic rings. The normalized spacial score (nSPS) is 13.5. The van der Waals surface area contributed by atoms with Crippen molar-refractivity contribution >= 4 is 67.1 Å². The number of para-hydroxylation sites is 1. The minimum Gasteiger partial charge on any atom is -0.455 e. The van der Waals surface area contributed by atoms with E-state index in [1.807, 2.05) is 12.4 Å². The molecule has 0 saturated carbocycles. The van der Waals surface area contributed by atoms with Gasteiger partial charge in [0.15, 0.2) is 0 Å². The molecule has 10 rings (SSSR count). The quantitative estimate of drug-likeness (QED) is 0.167.